The van der Waals surface area contributed by atoms with E-state index in [1.807, 2.05) is 0 Å². The molecule has 0 aromatic rings. The Kier molecular flexibility index (Phi) is 2.56. The fraction of sp³-hybridized carbons (Fsp3) is 0.750. The molecule has 0 aromatic heterocycles. The zero-order chi connectivity index (χ0) is 10.1. The Hall–Kier alpha value is -1.10. The highest BCUT2D eigenvalue weighted by molar-refractivity contribution is 6.28. The number of esters is 1. The molecule has 1 aliphatic rings. The molecule has 5 nitrogen and oxygen atoms in total. The van der Waals surface area contributed by atoms with Gasteiger partial charge in [0.2, 0.25) is 0 Å². The standard InChI is InChI=1S/C8H13NO4/c1-9(2)8(4-3-5-8)13-7(12)6(10)11/h3-5H2,1-2H3,(H,10,11). The molecule has 13 heavy (non-hydrogen) atoms. The molecule has 1 saturated carbocycles. The normalized spacial score (nSPS) is 19.3. The molecule has 0 spiro atoms. The second kappa shape index (κ2) is 3.33. The minimum atomic E-state index is -1.53. The van der Waals surface area contributed by atoms with Gasteiger partial charge in [-0.1, -0.05) is 0 Å². The molecule has 0 bridgehead atoms. The van der Waals surface area contributed by atoms with E-state index in [9.17, 15) is 9.59 Å². The van der Waals surface area contributed by atoms with Crippen molar-refractivity contribution in [2.75, 3.05) is 14.1 Å². The van der Waals surface area contributed by atoms with Gasteiger partial charge in [0.25, 0.3) is 0 Å². The van der Waals surface area contributed by atoms with E-state index in [2.05, 4.69) is 0 Å². The van der Waals surface area contributed by atoms with Crippen molar-refractivity contribution in [3.8, 4) is 0 Å². The maximum atomic E-state index is 10.8. The predicted octanol–water partition coefficient (Wildman–Crippen LogP) is 0.0560. The van der Waals surface area contributed by atoms with Crippen LogP contribution in [0.2, 0.25) is 0 Å². The summed E-state index contributed by atoms with van der Waals surface area (Å²) in [6.45, 7) is 0. The van der Waals surface area contributed by atoms with Crippen LogP contribution in [0.15, 0.2) is 0 Å². The van der Waals surface area contributed by atoms with Crippen molar-refractivity contribution in [2.45, 2.75) is 25.0 Å². The van der Waals surface area contributed by atoms with Gasteiger partial charge in [0.15, 0.2) is 5.72 Å². The van der Waals surface area contributed by atoms with Gasteiger partial charge < -0.3 is 9.84 Å². The first-order valence-corrected chi connectivity index (χ1v) is 4.12. The number of nitrogens with zero attached hydrogens (tertiary/aromatic N) is 1. The molecule has 0 saturated heterocycles. The molecule has 1 N–H and O–H groups in total. The van der Waals surface area contributed by atoms with Crippen molar-refractivity contribution in [1.82, 2.24) is 4.90 Å². The smallest absolute Gasteiger partial charge is 0.419 e. The summed E-state index contributed by atoms with van der Waals surface area (Å²) < 4.78 is 4.88. The van der Waals surface area contributed by atoms with Crippen LogP contribution in [-0.4, -0.2) is 41.8 Å². The summed E-state index contributed by atoms with van der Waals surface area (Å²) in [4.78, 5) is 22.8. The van der Waals surface area contributed by atoms with Crippen molar-refractivity contribution in [2.24, 2.45) is 0 Å². The first kappa shape index (κ1) is 9.98. The monoisotopic (exact) mass is 187 g/mol. The highest BCUT2D eigenvalue weighted by Crippen LogP contribution is 2.37. The van der Waals surface area contributed by atoms with Gasteiger partial charge in [-0.25, -0.2) is 9.59 Å². The lowest BCUT2D eigenvalue weighted by Gasteiger charge is -2.45. The summed E-state index contributed by atoms with van der Waals surface area (Å²) in [7, 11) is 3.54. The van der Waals surface area contributed by atoms with Crippen LogP contribution in [0, 0.1) is 0 Å². The Balaban J connectivity index is 2.59. The molecule has 1 aliphatic carbocycles. The van der Waals surface area contributed by atoms with Crippen LogP contribution in [0.25, 0.3) is 0 Å². The van der Waals surface area contributed by atoms with Crippen LogP contribution >= 0.6 is 0 Å². The Bertz CT molecular complexity index is 232. The number of rotatable bonds is 2. The minimum absolute atomic E-state index is 0.671. The van der Waals surface area contributed by atoms with Crippen LogP contribution in [0.4, 0.5) is 0 Å². The molecule has 0 heterocycles. The molecular weight excluding hydrogens is 174 g/mol. The summed E-state index contributed by atoms with van der Waals surface area (Å²) in [6.07, 6.45) is 2.38. The Morgan fingerprint density at radius 3 is 2.15 bits per heavy atom. The van der Waals surface area contributed by atoms with Gasteiger partial charge in [0.1, 0.15) is 0 Å². The lowest BCUT2D eigenvalue weighted by Crippen LogP contribution is -2.54. The minimum Gasteiger partial charge on any atom is -0.473 e. The summed E-state index contributed by atoms with van der Waals surface area (Å²) in [5, 5.41) is 8.35. The van der Waals surface area contributed by atoms with Crippen molar-refractivity contribution >= 4 is 11.9 Å². The lowest BCUT2D eigenvalue weighted by molar-refractivity contribution is -0.205. The number of carbonyl (C=O) groups excluding carboxylic acids is 1. The third-order valence-electron chi connectivity index (χ3n) is 2.41. The summed E-state index contributed by atoms with van der Waals surface area (Å²) >= 11 is 0. The van der Waals surface area contributed by atoms with Crippen molar-refractivity contribution in [3.05, 3.63) is 0 Å². The van der Waals surface area contributed by atoms with Gasteiger partial charge in [-0.2, -0.15) is 0 Å². The van der Waals surface area contributed by atoms with E-state index < -0.39 is 17.7 Å². The average molecular weight is 187 g/mol. The van der Waals surface area contributed by atoms with Gasteiger partial charge in [-0.15, -0.1) is 0 Å². The first-order chi connectivity index (χ1) is 5.98. The fourth-order valence-corrected chi connectivity index (χ4v) is 1.34. The van der Waals surface area contributed by atoms with Crippen LogP contribution in [-0.2, 0) is 14.3 Å². The van der Waals surface area contributed by atoms with Gasteiger partial charge in [0.05, 0.1) is 0 Å². The Morgan fingerprint density at radius 1 is 1.38 bits per heavy atom. The molecule has 5 heteroatoms. The third-order valence-corrected chi connectivity index (χ3v) is 2.41. The molecule has 0 unspecified atom stereocenters. The fourth-order valence-electron chi connectivity index (χ4n) is 1.34. The number of aliphatic carboxylic acids is 1. The van der Waals surface area contributed by atoms with E-state index >= 15 is 0 Å². The molecule has 0 atom stereocenters. The lowest BCUT2D eigenvalue weighted by atomic mass is 9.87. The van der Waals surface area contributed by atoms with Gasteiger partial charge in [-0.3, -0.25) is 4.90 Å². The van der Waals surface area contributed by atoms with Crippen LogP contribution in [0.3, 0.4) is 0 Å². The second-order valence-corrected chi connectivity index (χ2v) is 3.39. The SMILES string of the molecule is CN(C)C1(OC(=O)C(=O)O)CCC1. The Labute approximate surface area is 76.3 Å². The van der Waals surface area contributed by atoms with E-state index in [0.717, 1.165) is 6.42 Å². The topological polar surface area (TPSA) is 66.8 Å². The quantitative estimate of drug-likeness (QED) is 0.376. The van der Waals surface area contributed by atoms with Crippen molar-refractivity contribution in [3.63, 3.8) is 0 Å². The number of carbonyl (C=O) groups is 2. The van der Waals surface area contributed by atoms with E-state index in [-0.39, 0.29) is 0 Å². The van der Waals surface area contributed by atoms with Gasteiger partial charge in [0, 0.05) is 12.8 Å². The van der Waals surface area contributed by atoms with E-state index in [1.54, 1.807) is 19.0 Å². The summed E-state index contributed by atoms with van der Waals surface area (Å²) in [5.41, 5.74) is -0.671. The number of carboxylic acid groups (broad SMARTS) is 1. The molecule has 0 amide bonds. The molecule has 0 aliphatic heterocycles. The molecular formula is C8H13NO4. The first-order valence-electron chi connectivity index (χ1n) is 4.12. The van der Waals surface area contributed by atoms with Crippen LogP contribution < -0.4 is 0 Å². The molecule has 0 aromatic carbocycles. The Morgan fingerprint density at radius 2 is 1.92 bits per heavy atom. The average Bonchev–Trinajstić information content (AvgIpc) is 1.95. The zero-order valence-electron chi connectivity index (χ0n) is 7.74. The van der Waals surface area contributed by atoms with Crippen LogP contribution in [0.5, 0.6) is 0 Å². The van der Waals surface area contributed by atoms with Gasteiger partial charge >= 0.3 is 11.9 Å². The van der Waals surface area contributed by atoms with E-state index in [0.29, 0.717) is 12.8 Å². The number of carboxylic acids is 1. The molecule has 74 valence electrons. The van der Waals surface area contributed by atoms with Crippen LogP contribution in [0.1, 0.15) is 19.3 Å². The largest absolute Gasteiger partial charge is 0.473 e. The molecule has 0 radical (unpaired) electrons. The third kappa shape index (κ3) is 1.80. The summed E-state index contributed by atoms with van der Waals surface area (Å²) in [6, 6.07) is 0. The number of hydrogen-bond acceptors (Lipinski definition) is 4. The molecule has 1 fully saturated rings. The zero-order valence-corrected chi connectivity index (χ0v) is 7.74. The number of hydrogen-bond donors (Lipinski definition) is 1. The van der Waals surface area contributed by atoms with Gasteiger partial charge in [-0.05, 0) is 20.5 Å². The second-order valence-electron chi connectivity index (χ2n) is 3.39. The maximum absolute atomic E-state index is 10.8. The molecule has 1 rings (SSSR count). The van der Waals surface area contributed by atoms with E-state index in [4.69, 9.17) is 9.84 Å². The number of ether oxygens (including phenoxy) is 1. The maximum Gasteiger partial charge on any atom is 0.419 e. The predicted molar refractivity (Wildman–Crippen MR) is 44.0 cm³/mol. The van der Waals surface area contributed by atoms with E-state index in [1.165, 1.54) is 0 Å². The van der Waals surface area contributed by atoms with Crippen molar-refractivity contribution in [1.29, 1.82) is 0 Å². The summed E-state index contributed by atoms with van der Waals surface area (Å²) in [5.74, 6) is -2.71. The highest BCUT2D eigenvalue weighted by Gasteiger charge is 2.44. The highest BCUT2D eigenvalue weighted by atomic mass is 16.6. The van der Waals surface area contributed by atoms with Crippen molar-refractivity contribution < 1.29 is 19.4 Å².